The normalized spacial score (nSPS) is 19.7. The summed E-state index contributed by atoms with van der Waals surface area (Å²) in [6, 6.07) is 0.526. The Labute approximate surface area is 140 Å². The monoisotopic (exact) mass is 360 g/mol. The van der Waals surface area contributed by atoms with Crippen LogP contribution in [0.15, 0.2) is 17.2 Å². The molecule has 0 saturated heterocycles. The van der Waals surface area contributed by atoms with Crippen LogP contribution < -0.4 is 5.43 Å². The topological polar surface area (TPSA) is 111 Å². The van der Waals surface area contributed by atoms with Crippen LogP contribution in [0.1, 0.15) is 38.2 Å². The number of nitrogens with zero attached hydrogens (tertiary/aromatic N) is 3. The second-order valence-corrected chi connectivity index (χ2v) is 5.89. The standard InChI is InChI=1S/C14H15F3N4O4/c1-8-3-2-4-10(5-8)18-19-13-11(20(22)23)6-9(14(15,16)17)7-12(13)21(24)25/h6-8,19H,2-5H2,1H3/b18-10-/t8-/m0/s1. The SMILES string of the molecule is C[C@H]1CCC/C(=N/Nc2c([N+](=O)[O-])cc(C(F)(F)F)cc2[N+](=O)[O-])C1. The Hall–Kier alpha value is -2.72. The molecule has 1 aliphatic rings. The van der Waals surface area contributed by atoms with Gasteiger partial charge in [-0.25, -0.2) is 0 Å². The molecule has 136 valence electrons. The zero-order valence-electron chi connectivity index (χ0n) is 13.2. The molecule has 2 rings (SSSR count). The molecule has 0 aliphatic heterocycles. The summed E-state index contributed by atoms with van der Waals surface area (Å²) in [7, 11) is 0. The minimum Gasteiger partial charge on any atom is -0.266 e. The van der Waals surface area contributed by atoms with Gasteiger partial charge in [0.1, 0.15) is 0 Å². The van der Waals surface area contributed by atoms with Crippen molar-refractivity contribution >= 4 is 22.8 Å². The number of nitro benzene ring substituents is 2. The van der Waals surface area contributed by atoms with Crippen molar-refractivity contribution in [2.75, 3.05) is 5.43 Å². The highest BCUT2D eigenvalue weighted by Crippen LogP contribution is 2.41. The van der Waals surface area contributed by atoms with Gasteiger partial charge in [0.05, 0.1) is 15.4 Å². The van der Waals surface area contributed by atoms with E-state index in [-0.39, 0.29) is 12.1 Å². The summed E-state index contributed by atoms with van der Waals surface area (Å²) in [5.74, 6) is 0.354. The van der Waals surface area contributed by atoms with Crippen LogP contribution in [0.25, 0.3) is 0 Å². The van der Waals surface area contributed by atoms with E-state index >= 15 is 0 Å². The number of hydrazone groups is 1. The predicted octanol–water partition coefficient (Wildman–Crippen LogP) is 4.50. The molecule has 0 amide bonds. The van der Waals surface area contributed by atoms with E-state index in [1.807, 2.05) is 6.92 Å². The number of rotatable bonds is 4. The number of halogens is 3. The molecule has 0 bridgehead atoms. The molecule has 1 aromatic rings. The van der Waals surface area contributed by atoms with Gasteiger partial charge in [-0.15, -0.1) is 0 Å². The van der Waals surface area contributed by atoms with Gasteiger partial charge >= 0.3 is 17.6 Å². The first-order valence-electron chi connectivity index (χ1n) is 7.45. The fourth-order valence-corrected chi connectivity index (χ4v) is 2.68. The van der Waals surface area contributed by atoms with Crippen molar-refractivity contribution in [3.8, 4) is 0 Å². The first kappa shape index (κ1) is 18.6. The van der Waals surface area contributed by atoms with Gasteiger partial charge in [-0.3, -0.25) is 25.7 Å². The maximum absolute atomic E-state index is 12.8. The van der Waals surface area contributed by atoms with Crippen LogP contribution in [0, 0.1) is 26.1 Å². The molecule has 1 fully saturated rings. The fraction of sp³-hybridized carbons (Fsp3) is 0.500. The van der Waals surface area contributed by atoms with Gasteiger partial charge < -0.3 is 0 Å². The molecule has 8 nitrogen and oxygen atoms in total. The van der Waals surface area contributed by atoms with Gasteiger partial charge in [0.25, 0.3) is 0 Å². The number of nitro groups is 2. The Morgan fingerprint density at radius 3 is 2.20 bits per heavy atom. The average Bonchev–Trinajstić information content (AvgIpc) is 2.51. The van der Waals surface area contributed by atoms with E-state index in [1.165, 1.54) is 0 Å². The van der Waals surface area contributed by atoms with E-state index in [4.69, 9.17) is 0 Å². The van der Waals surface area contributed by atoms with E-state index < -0.39 is 38.6 Å². The summed E-state index contributed by atoms with van der Waals surface area (Å²) < 4.78 is 38.5. The quantitative estimate of drug-likeness (QED) is 0.628. The van der Waals surface area contributed by atoms with Crippen molar-refractivity contribution in [3.05, 3.63) is 37.9 Å². The third kappa shape index (κ3) is 4.43. The molecule has 1 aromatic carbocycles. The number of hydrogen-bond acceptors (Lipinski definition) is 6. The predicted molar refractivity (Wildman–Crippen MR) is 83.4 cm³/mol. The second kappa shape index (κ2) is 7.03. The number of anilines is 1. The highest BCUT2D eigenvalue weighted by atomic mass is 19.4. The molecule has 0 aromatic heterocycles. The molecule has 25 heavy (non-hydrogen) atoms. The summed E-state index contributed by atoms with van der Waals surface area (Å²) in [5, 5.41) is 26.2. The zero-order valence-corrected chi connectivity index (χ0v) is 13.2. The lowest BCUT2D eigenvalue weighted by Gasteiger charge is -2.19. The highest BCUT2D eigenvalue weighted by molar-refractivity contribution is 5.87. The Bertz CT molecular complexity index is 698. The van der Waals surface area contributed by atoms with Gasteiger partial charge in [0, 0.05) is 17.8 Å². The lowest BCUT2D eigenvalue weighted by atomic mass is 9.89. The Morgan fingerprint density at radius 2 is 1.76 bits per heavy atom. The molecule has 1 saturated carbocycles. The van der Waals surface area contributed by atoms with E-state index in [1.54, 1.807) is 0 Å². The van der Waals surface area contributed by atoms with Crippen LogP contribution in [0.3, 0.4) is 0 Å². The van der Waals surface area contributed by atoms with Gasteiger partial charge in [0.15, 0.2) is 0 Å². The number of hydrogen-bond donors (Lipinski definition) is 1. The molecule has 1 N–H and O–H groups in total. The number of nitrogens with one attached hydrogen (secondary N) is 1. The molecule has 0 unspecified atom stereocenters. The van der Waals surface area contributed by atoms with Crippen molar-refractivity contribution in [2.45, 2.75) is 38.8 Å². The highest BCUT2D eigenvalue weighted by Gasteiger charge is 2.37. The van der Waals surface area contributed by atoms with Crippen LogP contribution in [0.4, 0.5) is 30.2 Å². The summed E-state index contributed by atoms with van der Waals surface area (Å²) in [6.45, 7) is 2.00. The van der Waals surface area contributed by atoms with Crippen LogP contribution in [0.5, 0.6) is 0 Å². The third-order valence-corrected chi connectivity index (χ3v) is 3.89. The minimum atomic E-state index is -4.95. The Balaban J connectivity index is 2.49. The van der Waals surface area contributed by atoms with Crippen LogP contribution in [-0.4, -0.2) is 15.6 Å². The molecule has 0 spiro atoms. The number of benzene rings is 1. The van der Waals surface area contributed by atoms with E-state index in [0.29, 0.717) is 24.5 Å². The minimum absolute atomic E-state index is 0.263. The molecular formula is C14H15F3N4O4. The largest absolute Gasteiger partial charge is 0.416 e. The average molecular weight is 360 g/mol. The van der Waals surface area contributed by atoms with E-state index in [2.05, 4.69) is 10.5 Å². The van der Waals surface area contributed by atoms with Gasteiger partial charge in [0.2, 0.25) is 5.69 Å². The first-order valence-corrected chi connectivity index (χ1v) is 7.45. The summed E-state index contributed by atoms with van der Waals surface area (Å²) >= 11 is 0. The second-order valence-electron chi connectivity index (χ2n) is 5.89. The Morgan fingerprint density at radius 1 is 1.20 bits per heavy atom. The Kier molecular flexibility index (Phi) is 5.24. The summed E-state index contributed by atoms with van der Waals surface area (Å²) in [4.78, 5) is 20.0. The summed E-state index contributed by atoms with van der Waals surface area (Å²) in [5.41, 5.74) is -1.29. The van der Waals surface area contributed by atoms with E-state index in [0.717, 1.165) is 12.8 Å². The first-order chi connectivity index (χ1) is 11.6. The van der Waals surface area contributed by atoms with Gasteiger partial charge in [-0.1, -0.05) is 6.92 Å². The van der Waals surface area contributed by atoms with Crippen molar-refractivity contribution in [1.29, 1.82) is 0 Å². The smallest absolute Gasteiger partial charge is 0.266 e. The van der Waals surface area contributed by atoms with Crippen LogP contribution in [-0.2, 0) is 6.18 Å². The van der Waals surface area contributed by atoms with Crippen molar-refractivity contribution in [1.82, 2.24) is 0 Å². The van der Waals surface area contributed by atoms with Crippen molar-refractivity contribution < 1.29 is 23.0 Å². The maximum atomic E-state index is 12.8. The lowest BCUT2D eigenvalue weighted by molar-refractivity contribution is -0.392. The third-order valence-electron chi connectivity index (χ3n) is 3.89. The zero-order chi connectivity index (χ0) is 18.8. The van der Waals surface area contributed by atoms with Crippen LogP contribution >= 0.6 is 0 Å². The molecular weight excluding hydrogens is 345 g/mol. The molecule has 0 radical (unpaired) electrons. The van der Waals surface area contributed by atoms with Crippen LogP contribution in [0.2, 0.25) is 0 Å². The lowest BCUT2D eigenvalue weighted by Crippen LogP contribution is -2.15. The van der Waals surface area contributed by atoms with Crippen molar-refractivity contribution in [2.24, 2.45) is 11.0 Å². The molecule has 1 atom stereocenters. The molecule has 0 heterocycles. The number of alkyl halides is 3. The van der Waals surface area contributed by atoms with E-state index in [9.17, 15) is 33.4 Å². The molecule has 11 heteroatoms. The maximum Gasteiger partial charge on any atom is 0.416 e. The van der Waals surface area contributed by atoms with Gasteiger partial charge in [-0.2, -0.15) is 18.3 Å². The van der Waals surface area contributed by atoms with Gasteiger partial charge in [-0.05, 0) is 31.6 Å². The molecule has 1 aliphatic carbocycles. The summed E-state index contributed by atoms with van der Waals surface area (Å²) in [6.07, 6.45) is -1.84. The van der Waals surface area contributed by atoms with Crippen molar-refractivity contribution in [3.63, 3.8) is 0 Å². The fourth-order valence-electron chi connectivity index (χ4n) is 2.68.